The lowest BCUT2D eigenvalue weighted by Gasteiger charge is -2.40. The Bertz CT molecular complexity index is 1200. The van der Waals surface area contributed by atoms with Crippen LogP contribution in [0.15, 0.2) is 36.5 Å². The molecule has 1 unspecified atom stereocenters. The van der Waals surface area contributed by atoms with Crippen LogP contribution in [0.3, 0.4) is 0 Å². The van der Waals surface area contributed by atoms with Crippen molar-refractivity contribution in [3.63, 3.8) is 0 Å². The normalized spacial score (nSPS) is 17.5. The zero-order chi connectivity index (χ0) is 24.4. The summed E-state index contributed by atoms with van der Waals surface area (Å²) < 4.78 is 17.0. The van der Waals surface area contributed by atoms with Crippen molar-refractivity contribution in [3.05, 3.63) is 53.2 Å². The number of benzene rings is 2. The van der Waals surface area contributed by atoms with Gasteiger partial charge in [0.2, 0.25) is 0 Å². The quantitative estimate of drug-likeness (QED) is 0.499. The number of aromatic nitrogens is 1. The van der Waals surface area contributed by atoms with E-state index in [2.05, 4.69) is 40.3 Å². The molecule has 1 N–H and O–H groups in total. The average Bonchev–Trinajstić information content (AvgIpc) is 3.56. The second-order valence-electron chi connectivity index (χ2n) is 9.33. The van der Waals surface area contributed by atoms with Crippen LogP contribution in [0.1, 0.15) is 48.9 Å². The van der Waals surface area contributed by atoms with Crippen LogP contribution >= 0.6 is 0 Å². The van der Waals surface area contributed by atoms with E-state index in [1.165, 1.54) is 22.1 Å². The van der Waals surface area contributed by atoms with Gasteiger partial charge in [0.25, 0.3) is 0 Å². The summed E-state index contributed by atoms with van der Waals surface area (Å²) in [7, 11) is 3.37. The number of ether oxygens (including phenoxy) is 3. The number of hydrogen-bond acceptors (Lipinski definition) is 4. The fraction of sp³-hybridized carbons (Fsp3) is 0.464. The molecule has 7 nitrogen and oxygen atoms in total. The molecule has 186 valence electrons. The minimum absolute atomic E-state index is 0.0208. The van der Waals surface area contributed by atoms with Gasteiger partial charge in [0.1, 0.15) is 5.75 Å². The third kappa shape index (κ3) is 4.51. The summed E-state index contributed by atoms with van der Waals surface area (Å²) in [6.07, 6.45) is 6.75. The highest BCUT2D eigenvalue weighted by atomic mass is 16.5. The number of aryl methyl sites for hydroxylation is 1. The van der Waals surface area contributed by atoms with E-state index in [4.69, 9.17) is 14.2 Å². The summed E-state index contributed by atoms with van der Waals surface area (Å²) >= 11 is 0. The molecule has 7 heteroatoms. The Morgan fingerprint density at radius 2 is 1.89 bits per heavy atom. The zero-order valence-electron chi connectivity index (χ0n) is 20.9. The molecule has 2 aliphatic rings. The summed E-state index contributed by atoms with van der Waals surface area (Å²) in [5.41, 5.74) is 4.74. The van der Waals surface area contributed by atoms with Crippen molar-refractivity contribution in [3.8, 4) is 17.2 Å². The van der Waals surface area contributed by atoms with Crippen LogP contribution in [0.5, 0.6) is 17.2 Å². The van der Waals surface area contributed by atoms with Gasteiger partial charge in [0.15, 0.2) is 11.5 Å². The van der Waals surface area contributed by atoms with Crippen molar-refractivity contribution in [1.29, 1.82) is 0 Å². The van der Waals surface area contributed by atoms with Gasteiger partial charge in [-0.1, -0.05) is 0 Å². The molecular formula is C28H35N3O4. The molecule has 0 aliphatic carbocycles. The SMILES string of the molecule is CCOc1cc2c(cc1OC)CCN(C(=O)N1CCCC1)C2CCc1c[nH]c2ccc(OC)cc12. The highest BCUT2D eigenvalue weighted by molar-refractivity contribution is 5.84. The molecule has 2 aromatic carbocycles. The number of aromatic amines is 1. The van der Waals surface area contributed by atoms with Crippen LogP contribution < -0.4 is 14.2 Å². The number of rotatable bonds is 7. The first-order valence-corrected chi connectivity index (χ1v) is 12.7. The van der Waals surface area contributed by atoms with Crippen LogP contribution in [0.2, 0.25) is 0 Å². The maximum atomic E-state index is 13.6. The lowest BCUT2D eigenvalue weighted by Crippen LogP contribution is -2.47. The Balaban J connectivity index is 1.49. The van der Waals surface area contributed by atoms with Gasteiger partial charge in [-0.05, 0) is 86.1 Å². The molecule has 0 bridgehead atoms. The minimum Gasteiger partial charge on any atom is -0.497 e. The molecule has 1 fully saturated rings. The predicted molar refractivity (Wildman–Crippen MR) is 137 cm³/mol. The van der Waals surface area contributed by atoms with E-state index in [0.717, 1.165) is 68.0 Å². The van der Waals surface area contributed by atoms with Crippen molar-refractivity contribution in [1.82, 2.24) is 14.8 Å². The fourth-order valence-corrected chi connectivity index (χ4v) is 5.55. The molecule has 2 aliphatic heterocycles. The van der Waals surface area contributed by atoms with Crippen LogP contribution in [0.25, 0.3) is 10.9 Å². The molecule has 3 heterocycles. The predicted octanol–water partition coefficient (Wildman–Crippen LogP) is 5.33. The van der Waals surface area contributed by atoms with Crippen molar-refractivity contribution in [2.75, 3.05) is 40.5 Å². The van der Waals surface area contributed by atoms with Gasteiger partial charge >= 0.3 is 6.03 Å². The first-order valence-electron chi connectivity index (χ1n) is 12.7. The molecule has 0 radical (unpaired) electrons. The zero-order valence-corrected chi connectivity index (χ0v) is 20.9. The molecular weight excluding hydrogens is 442 g/mol. The summed E-state index contributed by atoms with van der Waals surface area (Å²) in [5.74, 6) is 2.35. The van der Waals surface area contributed by atoms with Gasteiger partial charge in [-0.3, -0.25) is 0 Å². The van der Waals surface area contributed by atoms with Gasteiger partial charge in [-0.15, -0.1) is 0 Å². The number of carbonyl (C=O) groups is 1. The maximum Gasteiger partial charge on any atom is 0.320 e. The standard InChI is InChI=1S/C28H35N3O4/c1-4-35-27-17-23-19(15-26(27)34-3)11-14-31(28(32)30-12-5-6-13-30)25(23)10-7-20-18-29-24-9-8-21(33-2)16-22(20)24/h8-9,15-18,25,29H,4-7,10-14H2,1-3H3. The van der Waals surface area contributed by atoms with Crippen molar-refractivity contribution >= 4 is 16.9 Å². The Hall–Kier alpha value is -3.35. The fourth-order valence-electron chi connectivity index (χ4n) is 5.55. The Kier molecular flexibility index (Phi) is 6.75. The van der Waals surface area contributed by atoms with Gasteiger partial charge in [0.05, 0.1) is 26.9 Å². The number of amides is 2. The van der Waals surface area contributed by atoms with Crippen LogP contribution in [-0.2, 0) is 12.8 Å². The number of carbonyl (C=O) groups excluding carboxylic acids is 1. The van der Waals surface area contributed by atoms with Crippen LogP contribution in [0, 0.1) is 0 Å². The molecule has 1 saturated heterocycles. The van der Waals surface area contributed by atoms with Gasteiger partial charge < -0.3 is 29.0 Å². The van der Waals surface area contributed by atoms with E-state index in [1.807, 2.05) is 17.9 Å². The van der Waals surface area contributed by atoms with Gasteiger partial charge in [-0.2, -0.15) is 0 Å². The molecule has 0 saturated carbocycles. The van der Waals surface area contributed by atoms with Crippen molar-refractivity contribution in [2.45, 2.75) is 45.1 Å². The van der Waals surface area contributed by atoms with Gasteiger partial charge in [0, 0.05) is 36.7 Å². The van der Waals surface area contributed by atoms with Gasteiger partial charge in [-0.25, -0.2) is 4.79 Å². The number of hydrogen-bond donors (Lipinski definition) is 1. The van der Waals surface area contributed by atoms with Crippen molar-refractivity contribution < 1.29 is 19.0 Å². The molecule has 5 rings (SSSR count). The number of urea groups is 1. The number of methoxy groups -OCH3 is 2. The number of H-pyrrole nitrogens is 1. The number of nitrogens with zero attached hydrogens (tertiary/aromatic N) is 2. The third-order valence-corrected chi connectivity index (χ3v) is 7.37. The highest BCUT2D eigenvalue weighted by Crippen LogP contribution is 2.41. The molecule has 2 amide bonds. The summed E-state index contributed by atoms with van der Waals surface area (Å²) in [6.45, 7) is 4.96. The summed E-state index contributed by atoms with van der Waals surface area (Å²) in [4.78, 5) is 21.1. The van der Waals surface area contributed by atoms with Crippen LogP contribution in [0.4, 0.5) is 4.79 Å². The van der Waals surface area contributed by atoms with E-state index in [9.17, 15) is 4.79 Å². The first kappa shape index (κ1) is 23.4. The van der Waals surface area contributed by atoms with E-state index < -0.39 is 0 Å². The monoisotopic (exact) mass is 477 g/mol. The molecule has 35 heavy (non-hydrogen) atoms. The van der Waals surface area contributed by atoms with E-state index in [0.29, 0.717) is 13.2 Å². The van der Waals surface area contributed by atoms with Crippen LogP contribution in [-0.4, -0.2) is 61.3 Å². The molecule has 0 spiro atoms. The van der Waals surface area contributed by atoms with Crippen molar-refractivity contribution in [2.24, 2.45) is 0 Å². The lowest BCUT2D eigenvalue weighted by atomic mass is 9.88. The largest absolute Gasteiger partial charge is 0.497 e. The smallest absolute Gasteiger partial charge is 0.320 e. The minimum atomic E-state index is -0.0208. The Morgan fingerprint density at radius 1 is 1.06 bits per heavy atom. The number of fused-ring (bicyclic) bond motifs is 2. The first-order chi connectivity index (χ1) is 17.1. The molecule has 1 atom stereocenters. The topological polar surface area (TPSA) is 67.0 Å². The van der Waals surface area contributed by atoms with E-state index >= 15 is 0 Å². The van der Waals surface area contributed by atoms with E-state index in [-0.39, 0.29) is 12.1 Å². The summed E-state index contributed by atoms with van der Waals surface area (Å²) in [5, 5.41) is 1.17. The lowest BCUT2D eigenvalue weighted by molar-refractivity contribution is 0.133. The van der Waals surface area contributed by atoms with E-state index in [1.54, 1.807) is 14.2 Å². The number of likely N-dealkylation sites (tertiary alicyclic amines) is 1. The highest BCUT2D eigenvalue weighted by Gasteiger charge is 2.35. The second kappa shape index (κ2) is 10.1. The molecule has 1 aromatic heterocycles. The third-order valence-electron chi connectivity index (χ3n) is 7.37. The Labute approximate surface area is 206 Å². The summed E-state index contributed by atoms with van der Waals surface area (Å²) in [6, 6.07) is 10.4. The molecule has 3 aromatic rings. The second-order valence-corrected chi connectivity index (χ2v) is 9.33. The maximum absolute atomic E-state index is 13.6. The Morgan fingerprint density at radius 3 is 2.63 bits per heavy atom. The number of nitrogens with one attached hydrogen (secondary N) is 1. The average molecular weight is 478 g/mol.